The van der Waals surface area contributed by atoms with Crippen LogP contribution in [0.25, 0.3) is 0 Å². The quantitative estimate of drug-likeness (QED) is 0.244. The molecule has 0 aromatic heterocycles. The molecular weight excluding hydrogens is 177 g/mol. The van der Waals surface area contributed by atoms with Gasteiger partial charge in [0.1, 0.15) is 0 Å². The van der Waals surface area contributed by atoms with Gasteiger partial charge in [0.2, 0.25) is 5.03 Å². The van der Waals surface area contributed by atoms with E-state index < -0.39 is 5.03 Å². The third-order valence-corrected chi connectivity index (χ3v) is 0.0667. The molecule has 0 unspecified atom stereocenters. The molecule has 0 heterocycles. The summed E-state index contributed by atoms with van der Waals surface area (Å²) < 4.78 is 0. The zero-order chi connectivity index (χ0) is 4.28. The van der Waals surface area contributed by atoms with Crippen LogP contribution in [0.2, 0.25) is 0 Å². The van der Waals surface area contributed by atoms with Crippen molar-refractivity contribution in [1.29, 1.82) is 0 Å². The van der Waals surface area contributed by atoms with Gasteiger partial charge in [-0.05, 0) is 0 Å². The van der Waals surface area contributed by atoms with E-state index in [0.29, 0.717) is 0 Å². The zero-order valence-electron chi connectivity index (χ0n) is 2.47. The minimum Gasteiger partial charge on any atom is -0.230 e. The molecule has 0 radical (unpaired) electrons. The summed E-state index contributed by atoms with van der Waals surface area (Å²) in [5.74, 6) is 0. The Morgan fingerprint density at radius 1 is 1.67 bits per heavy atom. The number of hydrogen-bond donors (Lipinski definition) is 0. The van der Waals surface area contributed by atoms with Crippen molar-refractivity contribution >= 4 is 0 Å². The third kappa shape index (κ3) is 9.46. The van der Waals surface area contributed by atoms with Crippen LogP contribution < -0.4 is 0 Å². The summed E-state index contributed by atoms with van der Waals surface area (Å²) in [5.41, 5.74) is 0. The normalized spacial score (nSPS) is 5.33. The van der Waals surface area contributed by atoms with E-state index in [2.05, 4.69) is 0 Å². The Balaban J connectivity index is 0. The molecule has 0 aliphatic rings. The van der Waals surface area contributed by atoms with E-state index >= 15 is 0 Å². The fraction of sp³-hybridized carbons (Fsp3) is 0. The summed E-state index contributed by atoms with van der Waals surface area (Å²) in [4.78, 5) is 17.2. The van der Waals surface area contributed by atoms with Gasteiger partial charge in [0.25, 0.3) is 0 Å². The Labute approximate surface area is 45.6 Å². The summed E-state index contributed by atoms with van der Waals surface area (Å²) in [6.07, 6.45) is 0. The van der Waals surface area contributed by atoms with E-state index in [1.54, 1.807) is 0 Å². The van der Waals surface area contributed by atoms with Crippen LogP contribution >= 0.6 is 0 Å². The van der Waals surface area contributed by atoms with Crippen molar-refractivity contribution in [3.05, 3.63) is 15.0 Å². The summed E-state index contributed by atoms with van der Waals surface area (Å²) in [7, 11) is 0. The smallest absolute Gasteiger partial charge is 0.230 e. The zero-order valence-corrected chi connectivity index (χ0v) is 4.21. The van der Waals surface area contributed by atoms with Crippen LogP contribution in [0.1, 0.15) is 0 Å². The summed E-state index contributed by atoms with van der Waals surface area (Å²) in [6, 6.07) is 0. The minimum absolute atomic E-state index is 0. The van der Waals surface area contributed by atoms with Gasteiger partial charge in [-0.2, -0.15) is 0 Å². The van der Waals surface area contributed by atoms with Gasteiger partial charge in [-0.25, -0.2) is 10.1 Å². The maximum Gasteiger partial charge on any atom is 0.305 e. The third-order valence-electron chi connectivity index (χ3n) is 0.0667. The Morgan fingerprint density at radius 3 is 1.83 bits per heavy atom. The van der Waals surface area contributed by atoms with E-state index in [9.17, 15) is 0 Å². The van der Waals surface area contributed by atoms with Crippen molar-refractivity contribution in [3.8, 4) is 0 Å². The molecule has 0 bridgehead atoms. The van der Waals surface area contributed by atoms with Crippen molar-refractivity contribution in [2.75, 3.05) is 0 Å². The van der Waals surface area contributed by atoms with Gasteiger partial charge in [-0.3, -0.25) is 0 Å². The molecule has 0 spiro atoms. The van der Waals surface area contributed by atoms with Crippen molar-refractivity contribution in [2.45, 2.75) is 0 Å². The molecule has 0 amide bonds. The molecule has 5 nitrogen and oxygen atoms in total. The van der Waals surface area contributed by atoms with Gasteiger partial charge in [-0.1, -0.05) is 4.91 Å². The summed E-state index contributed by atoms with van der Waals surface area (Å²) >= 11 is 0. The average Bonchev–Trinajstić information content (AvgIpc) is 1.38. The first kappa shape index (κ1) is 9.16. The monoisotopic (exact) mass is 178 g/mol. The topological polar surface area (TPSA) is 72.6 Å². The maximum absolute atomic E-state index is 8.69. The van der Waals surface area contributed by atoms with Crippen LogP contribution in [0.5, 0.6) is 0 Å². The Hall–Kier alpha value is -0.377. The van der Waals surface area contributed by atoms with E-state index in [1.165, 1.54) is 5.29 Å². The second-order valence-electron chi connectivity index (χ2n) is 0.319. The molecule has 0 saturated heterocycles. The first-order valence-electron chi connectivity index (χ1n) is 0.748. The predicted molar refractivity (Wildman–Crippen MR) is 12.8 cm³/mol. The molecule has 0 aliphatic carbocycles. The first-order valence-corrected chi connectivity index (χ1v) is 0.748. The average molecular weight is 177 g/mol. The first-order chi connectivity index (χ1) is 2.27. The molecule has 6 heteroatoms. The molecule has 0 fully saturated rings. The summed E-state index contributed by atoms with van der Waals surface area (Å²) in [5, 5.41) is 8.75. The van der Waals surface area contributed by atoms with Crippen LogP contribution in [0.3, 0.4) is 0 Å². The van der Waals surface area contributed by atoms with Gasteiger partial charge in [0.05, 0.1) is 0 Å². The van der Waals surface area contributed by atoms with Crippen molar-refractivity contribution in [3.63, 3.8) is 0 Å². The van der Waals surface area contributed by atoms with Crippen LogP contribution in [0.15, 0.2) is 5.29 Å². The number of nitro groups is 1. The Kier molecular flexibility index (Phi) is 7.05. The fourth-order valence-corrected chi connectivity index (χ4v) is 0. The molecule has 0 saturated carbocycles. The number of hydrogen-bond acceptors (Lipinski definition) is 3. The van der Waals surface area contributed by atoms with Crippen molar-refractivity contribution in [2.24, 2.45) is 5.29 Å². The van der Waals surface area contributed by atoms with E-state index in [4.69, 9.17) is 15.0 Å². The standard InChI is InChI=1S/N2O3.Ru/c3-1-2(4)5;. The van der Waals surface area contributed by atoms with Gasteiger partial charge >= 0.3 is 5.29 Å². The predicted octanol–water partition coefficient (Wildman–Crippen LogP) is -0.0580. The van der Waals surface area contributed by atoms with Crippen molar-refractivity contribution < 1.29 is 24.5 Å². The molecule has 0 aromatic carbocycles. The molecule has 0 N–H and O–H groups in total. The minimum atomic E-state index is -1.31. The number of nitrogens with zero attached hydrogens (tertiary/aromatic N) is 2. The van der Waals surface area contributed by atoms with Crippen LogP contribution in [-0.2, 0) is 19.5 Å². The molecule has 0 aromatic rings. The molecule has 0 atom stereocenters. The second kappa shape index (κ2) is 4.62. The van der Waals surface area contributed by atoms with Crippen LogP contribution in [-0.4, -0.2) is 5.03 Å². The van der Waals surface area contributed by atoms with E-state index in [1.807, 2.05) is 0 Å². The fourth-order valence-electron chi connectivity index (χ4n) is 0. The molecule has 6 heavy (non-hydrogen) atoms. The van der Waals surface area contributed by atoms with Gasteiger partial charge in [-0.15, -0.1) is 0 Å². The largest absolute Gasteiger partial charge is 0.305 e. The number of nitroso groups, excluding NO2 is 1. The molecule has 36 valence electrons. The summed E-state index contributed by atoms with van der Waals surface area (Å²) in [6.45, 7) is 0. The Bertz CT molecular complexity index is 59.8. The van der Waals surface area contributed by atoms with Crippen LogP contribution in [0.4, 0.5) is 0 Å². The van der Waals surface area contributed by atoms with Gasteiger partial charge in [0.15, 0.2) is 0 Å². The second-order valence-corrected chi connectivity index (χ2v) is 0.319. The maximum atomic E-state index is 8.69. The molecule has 0 aliphatic heterocycles. The van der Waals surface area contributed by atoms with E-state index in [0.717, 1.165) is 0 Å². The SMILES string of the molecule is O=N[N+](=O)[O-].[Ru]. The number of rotatable bonds is 1. The Morgan fingerprint density at radius 2 is 1.83 bits per heavy atom. The van der Waals surface area contributed by atoms with Crippen molar-refractivity contribution in [1.82, 2.24) is 0 Å². The van der Waals surface area contributed by atoms with E-state index in [-0.39, 0.29) is 19.5 Å². The molecular formula is N2O3Ru. The van der Waals surface area contributed by atoms with Gasteiger partial charge < -0.3 is 0 Å². The van der Waals surface area contributed by atoms with Gasteiger partial charge in [0, 0.05) is 19.5 Å². The van der Waals surface area contributed by atoms with Crippen LogP contribution in [0, 0.1) is 15.0 Å². The molecule has 0 rings (SSSR count).